The molecule has 0 radical (unpaired) electrons. The topological polar surface area (TPSA) is 292 Å². The van der Waals surface area contributed by atoms with E-state index in [2.05, 4.69) is 25.2 Å². The standard InChI is InChI=1S/C8H6N6O6.C3H6N6.Ni/c15-3-1(4(16)10-7(19)9-3)13-14-2-5(17)11-8(20)12-6(2)18;4-1-7-2(5)9-3(6)8-1;/h1-2H,(H2,9,10,15,16,19)(H2,11,12,17,18,20);(H6,4,5,6,7,8,9);. The number of rotatable bonds is 2. The molecule has 19 heteroatoms. The van der Waals surface area contributed by atoms with E-state index in [0.29, 0.717) is 0 Å². The molecule has 0 saturated carbocycles. The van der Waals surface area contributed by atoms with Gasteiger partial charge in [0.1, 0.15) is 0 Å². The molecule has 1 aromatic heterocycles. The van der Waals surface area contributed by atoms with Crippen molar-refractivity contribution < 1.29 is 45.3 Å². The molecule has 1 aromatic rings. The number of anilines is 3. The zero-order chi connectivity index (χ0) is 21.7. The summed E-state index contributed by atoms with van der Waals surface area (Å²) in [5.74, 6) is -4.06. The molecule has 0 bridgehead atoms. The van der Waals surface area contributed by atoms with Crippen molar-refractivity contribution in [1.29, 1.82) is 0 Å². The zero-order valence-electron chi connectivity index (χ0n) is 14.4. The van der Waals surface area contributed by atoms with Crippen LogP contribution in [0.3, 0.4) is 0 Å². The first-order valence-electron chi connectivity index (χ1n) is 7.30. The number of imide groups is 4. The fourth-order valence-corrected chi connectivity index (χ4v) is 1.79. The van der Waals surface area contributed by atoms with Crippen molar-refractivity contribution in [3.8, 4) is 0 Å². The normalized spacial score (nSPS) is 17.2. The van der Waals surface area contributed by atoms with Gasteiger partial charge in [0, 0.05) is 16.5 Å². The number of nitrogens with one attached hydrogen (secondary N) is 4. The predicted octanol–water partition coefficient (Wildman–Crippen LogP) is -4.48. The summed E-state index contributed by atoms with van der Waals surface area (Å²) in [7, 11) is 0. The van der Waals surface area contributed by atoms with Crippen molar-refractivity contribution in [2.75, 3.05) is 17.2 Å². The van der Waals surface area contributed by atoms with Crippen molar-refractivity contribution in [2.24, 2.45) is 10.2 Å². The van der Waals surface area contributed by atoms with Gasteiger partial charge >= 0.3 is 12.1 Å². The van der Waals surface area contributed by atoms with Crippen molar-refractivity contribution in [2.45, 2.75) is 12.1 Å². The largest absolute Gasteiger partial charge is 0.368 e. The number of carbonyl (C=O) groups excluding carboxylic acids is 6. The van der Waals surface area contributed by atoms with E-state index < -0.39 is 47.8 Å². The van der Waals surface area contributed by atoms with E-state index in [0.717, 1.165) is 0 Å². The summed E-state index contributed by atoms with van der Waals surface area (Å²) < 4.78 is 0. The monoisotopic (exact) mass is 466 g/mol. The van der Waals surface area contributed by atoms with Gasteiger partial charge in [-0.05, 0) is 0 Å². The van der Waals surface area contributed by atoms with E-state index in [4.69, 9.17) is 17.2 Å². The average molecular weight is 467 g/mol. The van der Waals surface area contributed by atoms with E-state index in [9.17, 15) is 28.8 Å². The van der Waals surface area contributed by atoms with Crippen LogP contribution in [0.5, 0.6) is 0 Å². The number of nitrogen functional groups attached to an aromatic ring is 3. The zero-order valence-corrected chi connectivity index (χ0v) is 15.4. The maximum Gasteiger partial charge on any atom is 0.328 e. The number of urea groups is 2. The minimum atomic E-state index is -1.70. The molecule has 2 fully saturated rings. The van der Waals surface area contributed by atoms with Crippen LogP contribution in [0.15, 0.2) is 10.2 Å². The number of hydrogen-bond acceptors (Lipinski definition) is 14. The van der Waals surface area contributed by atoms with Crippen LogP contribution in [-0.4, -0.2) is 62.7 Å². The number of amides is 8. The molecule has 0 atom stereocenters. The second kappa shape index (κ2) is 9.78. The maximum absolute atomic E-state index is 11.3. The van der Waals surface area contributed by atoms with Gasteiger partial charge in [0.15, 0.2) is 0 Å². The van der Waals surface area contributed by atoms with E-state index in [-0.39, 0.29) is 34.3 Å². The number of carbonyl (C=O) groups is 6. The van der Waals surface area contributed by atoms with Crippen LogP contribution in [-0.2, 0) is 35.7 Å². The molecule has 3 heterocycles. The van der Waals surface area contributed by atoms with Gasteiger partial charge in [-0.2, -0.15) is 25.2 Å². The van der Waals surface area contributed by atoms with Crippen LogP contribution < -0.4 is 38.5 Å². The Hall–Kier alpha value is -4.28. The molecule has 10 N–H and O–H groups in total. The molecule has 0 unspecified atom stereocenters. The summed E-state index contributed by atoms with van der Waals surface area (Å²) in [6.45, 7) is 0. The Labute approximate surface area is 175 Å². The second-order valence-corrected chi connectivity index (χ2v) is 5.06. The van der Waals surface area contributed by atoms with Crippen LogP contribution in [0.4, 0.5) is 27.4 Å². The molecule has 3 rings (SSSR count). The molecule has 30 heavy (non-hydrogen) atoms. The van der Waals surface area contributed by atoms with Crippen molar-refractivity contribution in [3.05, 3.63) is 0 Å². The summed E-state index contributed by atoms with van der Waals surface area (Å²) in [6, 6.07) is -5.42. The van der Waals surface area contributed by atoms with E-state index >= 15 is 0 Å². The Morgan fingerprint density at radius 3 is 1.03 bits per heavy atom. The maximum atomic E-state index is 11.3. The molecule has 0 spiro atoms. The van der Waals surface area contributed by atoms with Gasteiger partial charge < -0.3 is 17.2 Å². The Kier molecular flexibility index (Phi) is 7.74. The Morgan fingerprint density at radius 2 is 0.800 bits per heavy atom. The van der Waals surface area contributed by atoms with Crippen LogP contribution in [0.25, 0.3) is 0 Å². The minimum Gasteiger partial charge on any atom is -0.368 e. The van der Waals surface area contributed by atoms with Gasteiger partial charge in [-0.3, -0.25) is 40.4 Å². The predicted molar refractivity (Wildman–Crippen MR) is 88.9 cm³/mol. The van der Waals surface area contributed by atoms with Gasteiger partial charge in [-0.25, -0.2) is 9.59 Å². The van der Waals surface area contributed by atoms with E-state index in [1.54, 1.807) is 21.3 Å². The van der Waals surface area contributed by atoms with Gasteiger partial charge in [0.2, 0.25) is 29.9 Å². The first-order valence-corrected chi connectivity index (χ1v) is 7.30. The van der Waals surface area contributed by atoms with Crippen LogP contribution >= 0.6 is 0 Å². The molecule has 2 aliphatic rings. The molecule has 162 valence electrons. The molecule has 0 aliphatic carbocycles. The molecule has 18 nitrogen and oxygen atoms in total. The summed E-state index contributed by atoms with van der Waals surface area (Å²) in [5, 5.41) is 13.5. The van der Waals surface area contributed by atoms with Crippen molar-refractivity contribution in [3.63, 3.8) is 0 Å². The molecule has 2 aliphatic heterocycles. The number of hydrogen-bond donors (Lipinski definition) is 7. The first kappa shape index (κ1) is 23.8. The number of barbiturate groups is 2. The van der Waals surface area contributed by atoms with Crippen LogP contribution in [0.1, 0.15) is 0 Å². The second-order valence-electron chi connectivity index (χ2n) is 5.06. The summed E-state index contributed by atoms with van der Waals surface area (Å²) in [5.41, 5.74) is 15.4. The number of nitrogens with two attached hydrogens (primary N) is 3. The van der Waals surface area contributed by atoms with Crippen molar-refractivity contribution >= 4 is 53.5 Å². The van der Waals surface area contributed by atoms with Gasteiger partial charge in [-0.15, -0.1) is 0 Å². The average Bonchev–Trinajstić information content (AvgIpc) is 2.55. The third-order valence-corrected chi connectivity index (χ3v) is 2.93. The Bertz CT molecular complexity index is 810. The summed E-state index contributed by atoms with van der Waals surface area (Å²) in [4.78, 5) is 77.2. The number of azo groups is 1. The van der Waals surface area contributed by atoms with E-state index in [1.807, 2.05) is 0 Å². The summed E-state index contributed by atoms with van der Waals surface area (Å²) >= 11 is 0. The smallest absolute Gasteiger partial charge is 0.328 e. The summed E-state index contributed by atoms with van der Waals surface area (Å²) in [6.07, 6.45) is 0. The van der Waals surface area contributed by atoms with Crippen LogP contribution in [0.2, 0.25) is 0 Å². The minimum absolute atomic E-state index is 0. The molecular weight excluding hydrogens is 455 g/mol. The van der Waals surface area contributed by atoms with Gasteiger partial charge in [0.25, 0.3) is 23.6 Å². The van der Waals surface area contributed by atoms with Crippen molar-refractivity contribution in [1.82, 2.24) is 36.2 Å². The molecular formula is C11H12N12NiO6. The SMILES string of the molecule is Nc1nc(N)nc(N)n1.O=C1NC(=O)C(N=NC2C(=O)NC(=O)NC2=O)C(=O)N1.[Ni]. The first-order chi connectivity index (χ1) is 13.6. The Morgan fingerprint density at radius 1 is 0.567 bits per heavy atom. The molecule has 8 amide bonds. The third-order valence-electron chi connectivity index (χ3n) is 2.93. The Balaban J connectivity index is 0.000000379. The number of nitrogens with zero attached hydrogens (tertiary/aromatic N) is 5. The van der Waals surface area contributed by atoms with Gasteiger partial charge in [-0.1, -0.05) is 0 Å². The fourth-order valence-electron chi connectivity index (χ4n) is 1.79. The quantitative estimate of drug-likeness (QED) is 0.123. The third kappa shape index (κ3) is 6.12. The molecule has 0 aromatic carbocycles. The number of aromatic nitrogens is 3. The van der Waals surface area contributed by atoms with Gasteiger partial charge in [0.05, 0.1) is 0 Å². The fraction of sp³-hybridized carbons (Fsp3) is 0.182. The van der Waals surface area contributed by atoms with E-state index in [1.165, 1.54) is 0 Å². The van der Waals surface area contributed by atoms with Crippen LogP contribution in [0, 0.1) is 0 Å². The molecule has 2 saturated heterocycles.